The second-order valence-electron chi connectivity index (χ2n) is 26.0. The van der Waals surface area contributed by atoms with Crippen LogP contribution in [0.4, 0.5) is 0 Å². The van der Waals surface area contributed by atoms with Crippen molar-refractivity contribution in [2.75, 3.05) is 26.4 Å². The smallest absolute Gasteiger partial charge is 0.872 e. The Morgan fingerprint density at radius 3 is 0.650 bits per heavy atom. The fourth-order valence-electron chi connectivity index (χ4n) is 11.6. The van der Waals surface area contributed by atoms with Crippen LogP contribution in [0.25, 0.3) is 0 Å². The number of halogens is 4. The molecule has 4 radical (unpaired) electrons. The van der Waals surface area contributed by atoms with Gasteiger partial charge in [-0.3, -0.25) is 39.9 Å². The molecule has 12 heterocycles. The second kappa shape index (κ2) is 54.4. The van der Waals surface area contributed by atoms with Gasteiger partial charge in [-0.2, -0.15) is 0 Å². The first-order chi connectivity index (χ1) is 55.8. The molecule has 0 saturated carbocycles. The molecular formula is C80H84Br4Cu4N8O24. The number of aromatic nitrogens is 4. The molecule has 0 bridgehead atoms. The molecule has 4 N–H and O–H groups in total. The number of aliphatic hydroxyl groups is 4. The van der Waals surface area contributed by atoms with Crippen molar-refractivity contribution in [1.29, 1.82) is 0 Å². The summed E-state index contributed by atoms with van der Waals surface area (Å²) in [7, 11) is 0. The van der Waals surface area contributed by atoms with Crippen molar-refractivity contribution < 1.29 is 186 Å². The largest absolute Gasteiger partial charge is 2.00 e. The van der Waals surface area contributed by atoms with Crippen LogP contribution in [0.5, 0.6) is 23.0 Å². The standard InChI is InChI=1S/4C15H17BrNO6.4C5H5N.4Cu/c4*1-7-21-6-11-14(22-7)12(19)13(20)15(23-11)17-5-8-4-9(16)2-3-10(8)18;4*1-2-4-6-5-3-1;;;;/h4*2-5,7,11-15,18-19H,6H2,1H3;4*1-5H;;;;/q4*-1;;;;;4*+2/p-4/b4*17-5+;;;;;;;;/t4*7-,11-,12-,13-,14-,15-;;;;;;;;/m1111......../s1. The van der Waals surface area contributed by atoms with E-state index >= 15 is 0 Å². The van der Waals surface area contributed by atoms with Gasteiger partial charge in [0.05, 0.1) is 50.8 Å². The van der Waals surface area contributed by atoms with Gasteiger partial charge in [-0.15, -0.1) is 0 Å². The van der Waals surface area contributed by atoms with Crippen molar-refractivity contribution in [1.82, 2.24) is 19.9 Å². The summed E-state index contributed by atoms with van der Waals surface area (Å²) in [6.07, 6.45) is -3.42. The van der Waals surface area contributed by atoms with E-state index in [0.29, 0.717) is 22.3 Å². The zero-order valence-electron chi connectivity index (χ0n) is 63.7. The van der Waals surface area contributed by atoms with E-state index in [-0.39, 0.29) is 118 Å². The molecule has 8 aliphatic heterocycles. The molecule has 8 saturated heterocycles. The molecule has 660 valence electrons. The van der Waals surface area contributed by atoms with Crippen molar-refractivity contribution in [2.45, 2.75) is 175 Å². The van der Waals surface area contributed by atoms with E-state index in [9.17, 15) is 61.3 Å². The average molecular weight is 2120 g/mol. The van der Waals surface area contributed by atoms with Crippen LogP contribution in [0.15, 0.2) is 233 Å². The number of aliphatic imine (C=N–C) groups is 4. The van der Waals surface area contributed by atoms with Crippen LogP contribution in [-0.2, 0) is 125 Å². The number of benzene rings is 4. The summed E-state index contributed by atoms with van der Waals surface area (Å²) in [6.45, 7) is 7.62. The Balaban J connectivity index is 0.000000257. The first-order valence-electron chi connectivity index (χ1n) is 36.3. The molecule has 8 fully saturated rings. The van der Waals surface area contributed by atoms with Crippen molar-refractivity contribution in [3.05, 3.63) is 235 Å². The quantitative estimate of drug-likeness (QED) is 0.125. The van der Waals surface area contributed by atoms with Crippen LogP contribution in [0.3, 0.4) is 0 Å². The fourth-order valence-corrected chi connectivity index (χ4v) is 13.2. The molecule has 32 nitrogen and oxygen atoms in total. The van der Waals surface area contributed by atoms with E-state index in [0.717, 1.165) is 17.9 Å². The number of pyridine rings is 4. The topological polar surface area (TPSA) is 477 Å². The van der Waals surface area contributed by atoms with Crippen molar-refractivity contribution in [2.24, 2.45) is 20.0 Å². The third-order valence-electron chi connectivity index (χ3n) is 17.5. The minimum atomic E-state index is -1.50. The monoisotopic (exact) mass is 2110 g/mol. The van der Waals surface area contributed by atoms with Crippen molar-refractivity contribution >= 4 is 88.6 Å². The SMILES string of the molecule is C[C@@H]1OC[C@H]2O[C@@H](/N=C/c3cc(Br)ccc3[O-])[C@H]([O-])[C@@H](O)[C@@H]2O1.C[C@@H]1OC[C@H]2O[C@@H](/N=C/c3cc(Br)ccc3[O-])[C@H]([O-])[C@@H](O)[C@@H]2O1.C[C@@H]1OC[C@H]2O[C@@H](/N=C/c3cc(Br)ccc3[O-])[C@H]([O-])[C@@H](O)[C@@H]2O1.C[C@@H]1OC[C@H]2O[C@@H](/N=C/c3cc(Br)ccc3[O-])[C@H]([O-])[C@@H](O)[C@@H]2O1.[Cu+2].[Cu+2].[Cu+2].[Cu+2].c1ccncc1.c1ccncc1.c1ccncc1.c1ccncc1. The van der Waals surface area contributed by atoms with Gasteiger partial charge in [0, 0.05) is 92.3 Å². The third-order valence-corrected chi connectivity index (χ3v) is 19.5. The summed E-state index contributed by atoms with van der Waals surface area (Å²) in [5.41, 5.74) is 1.32. The summed E-state index contributed by atoms with van der Waals surface area (Å²) in [5, 5.41) is 136. The van der Waals surface area contributed by atoms with Crippen molar-refractivity contribution in [3.8, 4) is 23.0 Å². The molecule has 24 atom stereocenters. The molecule has 4 aromatic heterocycles. The van der Waals surface area contributed by atoms with Crippen LogP contribution < -0.4 is 40.9 Å². The number of fused-ring (bicyclic) bond motifs is 4. The van der Waals surface area contributed by atoms with Gasteiger partial charge in [0.15, 0.2) is 25.2 Å². The average Bonchev–Trinajstić information content (AvgIpc) is 0.805. The van der Waals surface area contributed by atoms with Crippen LogP contribution in [-0.4, -0.2) is 239 Å². The Morgan fingerprint density at radius 1 is 0.308 bits per heavy atom. The van der Waals surface area contributed by atoms with Gasteiger partial charge in [-0.05, 0) is 171 Å². The second-order valence-corrected chi connectivity index (χ2v) is 29.7. The predicted octanol–water partition coefficient (Wildman–Crippen LogP) is 2.39. The summed E-state index contributed by atoms with van der Waals surface area (Å²) in [5.74, 6) is -0.864. The molecule has 0 unspecified atom stereocenters. The van der Waals surface area contributed by atoms with E-state index in [4.69, 9.17) is 56.8 Å². The minimum absolute atomic E-state index is 0. The molecule has 0 amide bonds. The first-order valence-corrected chi connectivity index (χ1v) is 39.4. The van der Waals surface area contributed by atoms with E-state index in [1.54, 1.807) is 126 Å². The maximum Gasteiger partial charge on any atom is 2.00 e. The van der Waals surface area contributed by atoms with E-state index in [2.05, 4.69) is 104 Å². The summed E-state index contributed by atoms with van der Waals surface area (Å²) >= 11 is 13.1. The van der Waals surface area contributed by atoms with Gasteiger partial charge >= 0.3 is 68.3 Å². The Labute approximate surface area is 768 Å². The van der Waals surface area contributed by atoms with E-state index in [1.807, 2.05) is 72.8 Å². The van der Waals surface area contributed by atoms with E-state index < -0.39 is 148 Å². The Hall–Kier alpha value is -5.44. The summed E-state index contributed by atoms with van der Waals surface area (Å²) < 4.78 is 68.1. The number of hydrogen-bond donors (Lipinski definition) is 4. The summed E-state index contributed by atoms with van der Waals surface area (Å²) in [6, 6.07) is 41.4. The van der Waals surface area contributed by atoms with Crippen LogP contribution in [0.1, 0.15) is 49.9 Å². The number of nitrogens with zero attached hydrogens (tertiary/aromatic N) is 8. The summed E-state index contributed by atoms with van der Waals surface area (Å²) in [4.78, 5) is 31.3. The van der Waals surface area contributed by atoms with Gasteiger partial charge in [0.25, 0.3) is 0 Å². The predicted molar refractivity (Wildman–Crippen MR) is 417 cm³/mol. The molecule has 0 spiro atoms. The van der Waals surface area contributed by atoms with Crippen LogP contribution >= 0.6 is 63.7 Å². The minimum Gasteiger partial charge on any atom is -0.872 e. The molecule has 0 aliphatic carbocycles. The number of hydrogen-bond acceptors (Lipinski definition) is 32. The van der Waals surface area contributed by atoms with Gasteiger partial charge in [0.2, 0.25) is 0 Å². The number of ether oxygens (including phenoxy) is 12. The van der Waals surface area contributed by atoms with E-state index in [1.165, 1.54) is 49.1 Å². The van der Waals surface area contributed by atoms with Crippen molar-refractivity contribution in [3.63, 3.8) is 0 Å². The molecule has 4 aromatic carbocycles. The Morgan fingerprint density at radius 2 is 0.492 bits per heavy atom. The first kappa shape index (κ1) is 105. The van der Waals surface area contributed by atoms with Crippen LogP contribution in [0.2, 0.25) is 0 Å². The Kier molecular flexibility index (Phi) is 47.7. The maximum absolute atomic E-state index is 12.2. The molecule has 8 aromatic rings. The fraction of sp³-hybridized carbons (Fsp3) is 0.400. The van der Waals surface area contributed by atoms with Gasteiger partial charge in [-0.1, -0.05) is 135 Å². The maximum atomic E-state index is 12.2. The van der Waals surface area contributed by atoms with Gasteiger partial charge in [-0.25, -0.2) is 0 Å². The molecule has 16 rings (SSSR count). The molecule has 40 heteroatoms. The van der Waals surface area contributed by atoms with Crippen LogP contribution in [0, 0.1) is 0 Å². The zero-order valence-corrected chi connectivity index (χ0v) is 73.8. The molecular weight excluding hydrogens is 2030 g/mol. The molecule has 8 aliphatic rings. The third kappa shape index (κ3) is 32.8. The Bertz CT molecular complexity index is 3690. The number of rotatable bonds is 8. The zero-order chi connectivity index (χ0) is 83.2. The number of aliphatic hydroxyl groups excluding tert-OH is 4. The normalized spacial score (nSPS) is 30.5. The van der Waals surface area contributed by atoms with Gasteiger partial charge < -0.3 is 118 Å². The molecule has 120 heavy (non-hydrogen) atoms. The van der Waals surface area contributed by atoms with Gasteiger partial charge in [0.1, 0.15) is 73.7 Å².